The van der Waals surface area contributed by atoms with E-state index in [1.807, 2.05) is 0 Å². The molecule has 0 radical (unpaired) electrons. The zero-order chi connectivity index (χ0) is 12.6. The first-order valence-corrected chi connectivity index (χ1v) is 7.96. The molecule has 1 heterocycles. The summed E-state index contributed by atoms with van der Waals surface area (Å²) >= 11 is 0. The molecule has 1 saturated heterocycles. The molecule has 0 atom stereocenters. The number of nitrogens with zero attached hydrogens (tertiary/aromatic N) is 2. The lowest BCUT2D eigenvalue weighted by atomic mass is 9.87. The third-order valence-corrected chi connectivity index (χ3v) is 4.65. The summed E-state index contributed by atoms with van der Waals surface area (Å²) in [6, 6.07) is 0. The molecule has 3 nitrogen and oxygen atoms in total. The second kappa shape index (κ2) is 12.0. The summed E-state index contributed by atoms with van der Waals surface area (Å²) in [4.78, 5) is 5.13. The van der Waals surface area contributed by atoms with Crippen LogP contribution in [0.25, 0.3) is 0 Å². The van der Waals surface area contributed by atoms with Crippen LogP contribution in [0, 0.1) is 5.92 Å². The van der Waals surface area contributed by atoms with E-state index in [2.05, 4.69) is 22.2 Å². The summed E-state index contributed by atoms with van der Waals surface area (Å²) in [5.41, 5.74) is 0. The Balaban J connectivity index is 0.00000180. The van der Waals surface area contributed by atoms with Crippen molar-refractivity contribution in [2.75, 3.05) is 52.9 Å². The molecule has 1 saturated carbocycles. The van der Waals surface area contributed by atoms with E-state index in [9.17, 15) is 0 Å². The first-order chi connectivity index (χ1) is 8.84. The normalized spacial score (nSPS) is 21.3. The number of piperazine rings is 1. The van der Waals surface area contributed by atoms with E-state index < -0.39 is 0 Å². The minimum atomic E-state index is 0. The second-order valence-electron chi connectivity index (χ2n) is 6.19. The number of hydrogen-bond donors (Lipinski definition) is 1. The van der Waals surface area contributed by atoms with Gasteiger partial charge in [0.15, 0.2) is 0 Å². The van der Waals surface area contributed by atoms with E-state index in [0.717, 1.165) is 5.92 Å². The Bertz CT molecular complexity index is 195. The van der Waals surface area contributed by atoms with E-state index in [1.165, 1.54) is 84.3 Å². The van der Waals surface area contributed by atoms with Crippen molar-refractivity contribution in [1.29, 1.82) is 0 Å². The maximum Gasteiger partial charge on any atom is 0.0110 e. The third-order valence-electron chi connectivity index (χ3n) is 4.65. The van der Waals surface area contributed by atoms with Crippen molar-refractivity contribution < 1.29 is 0 Å². The zero-order valence-corrected chi connectivity index (χ0v) is 14.6. The first kappa shape index (κ1) is 20.5. The maximum atomic E-state index is 3.42. The summed E-state index contributed by atoms with van der Waals surface area (Å²) in [7, 11) is 2.30. The molecule has 0 aromatic rings. The van der Waals surface area contributed by atoms with Gasteiger partial charge in [-0.05, 0) is 25.9 Å². The monoisotopic (exact) mass is 325 g/mol. The van der Waals surface area contributed by atoms with Crippen molar-refractivity contribution in [2.24, 2.45) is 5.92 Å². The van der Waals surface area contributed by atoms with Crippen LogP contribution in [0.2, 0.25) is 0 Å². The summed E-state index contributed by atoms with van der Waals surface area (Å²) < 4.78 is 0. The fourth-order valence-corrected chi connectivity index (χ4v) is 3.24. The topological polar surface area (TPSA) is 18.5 Å². The molecular weight excluding hydrogens is 293 g/mol. The molecule has 1 aliphatic carbocycles. The van der Waals surface area contributed by atoms with Crippen LogP contribution in [0.15, 0.2) is 0 Å². The lowest BCUT2D eigenvalue weighted by Gasteiger charge is -2.30. The molecule has 1 N–H and O–H groups in total. The van der Waals surface area contributed by atoms with E-state index in [0.29, 0.717) is 0 Å². The minimum Gasteiger partial charge on any atom is -0.314 e. The molecule has 0 aromatic heterocycles. The highest BCUT2D eigenvalue weighted by molar-refractivity contribution is 5.85. The summed E-state index contributed by atoms with van der Waals surface area (Å²) in [6.45, 7) is 8.61. The Hall–Kier alpha value is 0.460. The van der Waals surface area contributed by atoms with Gasteiger partial charge >= 0.3 is 0 Å². The van der Waals surface area contributed by atoms with Crippen molar-refractivity contribution in [2.45, 2.75) is 38.5 Å². The predicted molar refractivity (Wildman–Crippen MR) is 92.5 cm³/mol. The molecule has 0 spiro atoms. The van der Waals surface area contributed by atoms with Crippen LogP contribution in [0.5, 0.6) is 0 Å². The van der Waals surface area contributed by atoms with Gasteiger partial charge in [-0.3, -0.25) is 4.90 Å². The van der Waals surface area contributed by atoms with E-state index >= 15 is 0 Å². The quantitative estimate of drug-likeness (QED) is 0.809. The van der Waals surface area contributed by atoms with Gasteiger partial charge in [-0.25, -0.2) is 0 Å². The van der Waals surface area contributed by atoms with Gasteiger partial charge in [0.25, 0.3) is 0 Å². The van der Waals surface area contributed by atoms with Crippen molar-refractivity contribution in [3.63, 3.8) is 0 Å². The Morgan fingerprint density at radius 1 is 1.00 bits per heavy atom. The van der Waals surface area contributed by atoms with Crippen molar-refractivity contribution in [1.82, 2.24) is 15.1 Å². The Morgan fingerprint density at radius 2 is 1.65 bits per heavy atom. The smallest absolute Gasteiger partial charge is 0.0110 e. The van der Waals surface area contributed by atoms with Gasteiger partial charge in [0, 0.05) is 39.3 Å². The average Bonchev–Trinajstić information content (AvgIpc) is 2.45. The largest absolute Gasteiger partial charge is 0.314 e. The molecule has 0 amide bonds. The summed E-state index contributed by atoms with van der Waals surface area (Å²) in [6.07, 6.45) is 8.86. The average molecular weight is 326 g/mol. The first-order valence-electron chi connectivity index (χ1n) is 7.96. The molecule has 2 rings (SSSR count). The van der Waals surface area contributed by atoms with Crippen LogP contribution in [0.1, 0.15) is 38.5 Å². The third kappa shape index (κ3) is 8.04. The SMILES string of the molecule is CN(CCC1CCCCC1)CCN1CCNCC1.Cl.Cl. The second-order valence-corrected chi connectivity index (χ2v) is 6.19. The molecule has 2 aliphatic rings. The molecule has 0 aromatic carbocycles. The van der Waals surface area contributed by atoms with Gasteiger partial charge in [-0.15, -0.1) is 24.8 Å². The zero-order valence-electron chi connectivity index (χ0n) is 13.0. The highest BCUT2D eigenvalue weighted by Crippen LogP contribution is 2.26. The van der Waals surface area contributed by atoms with Crippen LogP contribution in [0.4, 0.5) is 0 Å². The van der Waals surface area contributed by atoms with E-state index in [1.54, 1.807) is 0 Å². The maximum absolute atomic E-state index is 3.42. The minimum absolute atomic E-state index is 0. The molecule has 0 bridgehead atoms. The molecule has 1 aliphatic heterocycles. The Morgan fingerprint density at radius 3 is 2.30 bits per heavy atom. The number of nitrogens with one attached hydrogen (secondary N) is 1. The fourth-order valence-electron chi connectivity index (χ4n) is 3.24. The summed E-state index contributed by atoms with van der Waals surface area (Å²) in [5, 5.41) is 3.42. The lowest BCUT2D eigenvalue weighted by molar-refractivity contribution is 0.195. The molecule has 2 fully saturated rings. The molecule has 5 heteroatoms. The van der Waals surface area contributed by atoms with Crippen LogP contribution in [-0.4, -0.2) is 62.7 Å². The van der Waals surface area contributed by atoms with Crippen molar-refractivity contribution in [3.05, 3.63) is 0 Å². The molecule has 20 heavy (non-hydrogen) atoms. The van der Waals surface area contributed by atoms with Crippen LogP contribution < -0.4 is 5.32 Å². The van der Waals surface area contributed by atoms with Crippen molar-refractivity contribution >= 4 is 24.8 Å². The number of hydrogen-bond acceptors (Lipinski definition) is 3. The molecular formula is C15H33Cl2N3. The number of halogens is 2. The van der Waals surface area contributed by atoms with Crippen LogP contribution in [-0.2, 0) is 0 Å². The van der Waals surface area contributed by atoms with E-state index in [4.69, 9.17) is 0 Å². The Kier molecular flexibility index (Phi) is 12.3. The highest BCUT2D eigenvalue weighted by Gasteiger charge is 2.14. The predicted octanol–water partition coefficient (Wildman–Crippen LogP) is 2.64. The standard InChI is InChI=1S/C15H31N3.2ClH/c1-17(10-7-15-5-3-2-4-6-15)13-14-18-11-8-16-9-12-18;;/h15-16H,2-14H2,1H3;2*1H. The highest BCUT2D eigenvalue weighted by atomic mass is 35.5. The Labute approximate surface area is 137 Å². The molecule has 0 unspecified atom stereocenters. The van der Waals surface area contributed by atoms with Gasteiger partial charge in [0.2, 0.25) is 0 Å². The lowest BCUT2D eigenvalue weighted by Crippen LogP contribution is -2.46. The van der Waals surface area contributed by atoms with Gasteiger partial charge in [0.1, 0.15) is 0 Å². The summed E-state index contributed by atoms with van der Waals surface area (Å²) in [5.74, 6) is 1.03. The van der Waals surface area contributed by atoms with Gasteiger partial charge in [-0.1, -0.05) is 32.1 Å². The van der Waals surface area contributed by atoms with Gasteiger partial charge < -0.3 is 10.2 Å². The van der Waals surface area contributed by atoms with Gasteiger partial charge in [0.05, 0.1) is 0 Å². The van der Waals surface area contributed by atoms with Crippen LogP contribution >= 0.6 is 24.8 Å². The van der Waals surface area contributed by atoms with E-state index in [-0.39, 0.29) is 24.8 Å². The number of likely N-dealkylation sites (N-methyl/N-ethyl adjacent to an activating group) is 1. The van der Waals surface area contributed by atoms with Crippen molar-refractivity contribution in [3.8, 4) is 0 Å². The fraction of sp³-hybridized carbons (Fsp3) is 1.00. The van der Waals surface area contributed by atoms with Crippen LogP contribution in [0.3, 0.4) is 0 Å². The number of rotatable bonds is 6. The van der Waals surface area contributed by atoms with Gasteiger partial charge in [-0.2, -0.15) is 0 Å². The molecule has 122 valence electrons.